The van der Waals surface area contributed by atoms with Crippen LogP contribution < -0.4 is 0 Å². The van der Waals surface area contributed by atoms with E-state index >= 15 is 0 Å². The third kappa shape index (κ3) is 4.44. The van der Waals surface area contributed by atoms with Crippen molar-refractivity contribution in [3.8, 4) is 11.8 Å². The van der Waals surface area contributed by atoms with Gasteiger partial charge in [0.2, 0.25) is 5.88 Å². The molecular formula is C23H22ClNO3. The molecule has 28 heavy (non-hydrogen) atoms. The Morgan fingerprint density at radius 3 is 2.79 bits per heavy atom. The van der Waals surface area contributed by atoms with Crippen LogP contribution in [0.3, 0.4) is 0 Å². The first-order valence-corrected chi connectivity index (χ1v) is 9.85. The van der Waals surface area contributed by atoms with Gasteiger partial charge in [0.15, 0.2) is 12.0 Å². The van der Waals surface area contributed by atoms with Crippen LogP contribution in [0.25, 0.3) is 0 Å². The molecular weight excluding hydrogens is 374 g/mol. The molecule has 0 unspecified atom stereocenters. The number of aliphatic hydroxyl groups is 1. The number of benzene rings is 1. The second-order valence-corrected chi connectivity index (χ2v) is 7.55. The van der Waals surface area contributed by atoms with E-state index in [-0.39, 0.29) is 0 Å². The largest absolute Gasteiger partial charge is 0.463 e. The van der Waals surface area contributed by atoms with Crippen LogP contribution in [-0.4, -0.2) is 28.7 Å². The van der Waals surface area contributed by atoms with Crippen molar-refractivity contribution in [3.05, 3.63) is 82.8 Å². The van der Waals surface area contributed by atoms with Crippen molar-refractivity contribution < 1.29 is 14.6 Å². The van der Waals surface area contributed by atoms with Crippen molar-refractivity contribution >= 4 is 11.6 Å². The fraction of sp³-hybridized carbons (Fsp3) is 0.304. The highest BCUT2D eigenvalue weighted by Crippen LogP contribution is 2.30. The van der Waals surface area contributed by atoms with Gasteiger partial charge in [-0.25, -0.2) is 0 Å². The molecule has 1 aromatic rings. The Hall–Kier alpha value is -2.61. The molecule has 4 nitrogen and oxygen atoms in total. The van der Waals surface area contributed by atoms with Crippen LogP contribution >= 0.6 is 11.6 Å². The van der Waals surface area contributed by atoms with Crippen molar-refractivity contribution in [3.63, 3.8) is 0 Å². The Labute approximate surface area is 170 Å². The molecule has 0 amide bonds. The third-order valence-electron chi connectivity index (χ3n) is 5.06. The van der Waals surface area contributed by atoms with Crippen LogP contribution in [0, 0.1) is 11.8 Å². The predicted octanol–water partition coefficient (Wildman–Crippen LogP) is 4.48. The van der Waals surface area contributed by atoms with Crippen LogP contribution in [0.5, 0.6) is 0 Å². The number of allylic oxidation sites excluding steroid dienone is 4. The van der Waals surface area contributed by atoms with Gasteiger partial charge in [0.05, 0.1) is 0 Å². The Kier molecular flexibility index (Phi) is 5.47. The Morgan fingerprint density at radius 1 is 1.18 bits per heavy atom. The van der Waals surface area contributed by atoms with Crippen LogP contribution in [0.1, 0.15) is 31.2 Å². The van der Waals surface area contributed by atoms with Crippen molar-refractivity contribution in [1.29, 1.82) is 0 Å². The fourth-order valence-electron chi connectivity index (χ4n) is 3.38. The lowest BCUT2D eigenvalue weighted by molar-refractivity contribution is 0.0144. The summed E-state index contributed by atoms with van der Waals surface area (Å²) >= 11 is 5.99. The van der Waals surface area contributed by atoms with Gasteiger partial charge in [-0.15, -0.1) is 0 Å². The summed E-state index contributed by atoms with van der Waals surface area (Å²) in [4.78, 5) is 2.09. The average molecular weight is 396 g/mol. The first-order chi connectivity index (χ1) is 13.6. The number of nitrogens with zero attached hydrogens (tertiary/aromatic N) is 1. The standard InChI is InChI=1S/C23H22ClNO3/c24-20-8-4-5-18(15-20)9-10-23(26)11-13-25(14-12-23)22-17-27-16-21(28-22)19-6-2-1-3-7-19/h1-2,4-6,8,15-17,26H,3,7,11-14H2. The summed E-state index contributed by atoms with van der Waals surface area (Å²) in [5, 5.41) is 11.5. The first kappa shape index (κ1) is 18.7. The van der Waals surface area contributed by atoms with Gasteiger partial charge in [0.25, 0.3) is 0 Å². The summed E-state index contributed by atoms with van der Waals surface area (Å²) in [7, 11) is 0. The summed E-state index contributed by atoms with van der Waals surface area (Å²) in [6.07, 6.45) is 12.5. The number of halogens is 1. The molecule has 3 aliphatic rings. The minimum absolute atomic E-state index is 0.533. The number of hydrogen-bond donors (Lipinski definition) is 1. The van der Waals surface area contributed by atoms with Crippen molar-refractivity contribution in [2.24, 2.45) is 0 Å². The van der Waals surface area contributed by atoms with Crippen LogP contribution in [0.2, 0.25) is 5.02 Å². The minimum atomic E-state index is -1.01. The Bertz CT molecular complexity index is 925. The number of piperidine rings is 1. The smallest absolute Gasteiger partial charge is 0.231 e. The zero-order valence-corrected chi connectivity index (χ0v) is 16.3. The molecule has 1 N–H and O–H groups in total. The second-order valence-electron chi connectivity index (χ2n) is 7.11. The minimum Gasteiger partial charge on any atom is -0.463 e. The zero-order chi connectivity index (χ0) is 19.4. The third-order valence-corrected chi connectivity index (χ3v) is 5.29. The topological polar surface area (TPSA) is 41.9 Å². The molecule has 1 aromatic carbocycles. The van der Waals surface area contributed by atoms with Gasteiger partial charge in [-0.2, -0.15) is 0 Å². The van der Waals surface area contributed by atoms with E-state index in [1.165, 1.54) is 0 Å². The van der Waals surface area contributed by atoms with Gasteiger partial charge in [0, 0.05) is 36.5 Å². The van der Waals surface area contributed by atoms with Crippen LogP contribution in [0.15, 0.2) is 72.2 Å². The summed E-state index contributed by atoms with van der Waals surface area (Å²) in [5.74, 6) is 7.50. The van der Waals surface area contributed by atoms with Crippen LogP contribution in [0.4, 0.5) is 0 Å². The van der Waals surface area contributed by atoms with Gasteiger partial charge in [0.1, 0.15) is 11.9 Å². The van der Waals surface area contributed by atoms with Crippen molar-refractivity contribution in [1.82, 2.24) is 4.90 Å². The van der Waals surface area contributed by atoms with Gasteiger partial charge in [-0.1, -0.05) is 47.7 Å². The number of likely N-dealkylation sites (tertiary alicyclic amines) is 1. The fourth-order valence-corrected chi connectivity index (χ4v) is 3.57. The van der Waals surface area contributed by atoms with E-state index in [1.54, 1.807) is 18.6 Å². The molecule has 4 rings (SSSR count). The van der Waals surface area contributed by atoms with E-state index in [2.05, 4.69) is 28.9 Å². The van der Waals surface area contributed by atoms with Gasteiger partial charge in [-0.05, 0) is 36.6 Å². The van der Waals surface area contributed by atoms with Gasteiger partial charge in [-0.3, -0.25) is 0 Å². The van der Waals surface area contributed by atoms with Gasteiger partial charge >= 0.3 is 0 Å². The Morgan fingerprint density at radius 2 is 2.04 bits per heavy atom. The lowest BCUT2D eigenvalue weighted by Crippen LogP contribution is -2.43. The lowest BCUT2D eigenvalue weighted by Gasteiger charge is -2.37. The molecule has 1 fully saturated rings. The summed E-state index contributed by atoms with van der Waals surface area (Å²) in [6, 6.07) is 7.35. The maximum Gasteiger partial charge on any atom is 0.231 e. The van der Waals surface area contributed by atoms with E-state index < -0.39 is 5.60 Å². The second kappa shape index (κ2) is 8.18. The first-order valence-electron chi connectivity index (χ1n) is 9.47. The highest BCUT2D eigenvalue weighted by Gasteiger charge is 2.33. The SMILES string of the molecule is OC1(C#Cc2cccc(Cl)c2)CCN(C2=COC=C(C3=CC=CCC3)O2)CC1. The molecule has 0 bridgehead atoms. The maximum atomic E-state index is 10.8. The highest BCUT2D eigenvalue weighted by atomic mass is 35.5. The number of rotatable bonds is 2. The zero-order valence-electron chi connectivity index (χ0n) is 15.5. The van der Waals surface area contributed by atoms with E-state index in [0.29, 0.717) is 36.8 Å². The summed E-state index contributed by atoms with van der Waals surface area (Å²) in [6.45, 7) is 1.28. The predicted molar refractivity (Wildman–Crippen MR) is 109 cm³/mol. The molecule has 0 saturated carbocycles. The number of ether oxygens (including phenoxy) is 2. The van der Waals surface area contributed by atoms with Crippen LogP contribution in [-0.2, 0) is 9.47 Å². The van der Waals surface area contributed by atoms with E-state index in [9.17, 15) is 5.11 Å². The maximum absolute atomic E-state index is 10.8. The highest BCUT2D eigenvalue weighted by molar-refractivity contribution is 6.30. The molecule has 2 aliphatic heterocycles. The molecule has 144 valence electrons. The normalized spacial score (nSPS) is 20.6. The summed E-state index contributed by atoms with van der Waals surface area (Å²) in [5.41, 5.74) is 0.929. The van der Waals surface area contributed by atoms with Crippen molar-refractivity contribution in [2.75, 3.05) is 13.1 Å². The quantitative estimate of drug-likeness (QED) is 0.749. The molecule has 0 spiro atoms. The molecule has 1 saturated heterocycles. The molecule has 2 heterocycles. The molecule has 0 aromatic heterocycles. The van der Waals surface area contributed by atoms with E-state index in [1.807, 2.05) is 24.3 Å². The summed E-state index contributed by atoms with van der Waals surface area (Å²) < 4.78 is 11.6. The van der Waals surface area contributed by atoms with E-state index in [0.717, 1.165) is 29.7 Å². The molecule has 1 aliphatic carbocycles. The Balaban J connectivity index is 1.37. The molecule has 0 atom stereocenters. The lowest BCUT2D eigenvalue weighted by atomic mass is 9.92. The average Bonchev–Trinajstić information content (AvgIpc) is 2.74. The molecule has 0 radical (unpaired) electrons. The molecule has 5 heteroatoms. The van der Waals surface area contributed by atoms with E-state index in [4.69, 9.17) is 21.1 Å². The van der Waals surface area contributed by atoms with Crippen molar-refractivity contribution in [2.45, 2.75) is 31.3 Å². The number of hydrogen-bond acceptors (Lipinski definition) is 4. The monoisotopic (exact) mass is 395 g/mol. The van der Waals surface area contributed by atoms with Gasteiger partial charge < -0.3 is 19.5 Å².